The summed E-state index contributed by atoms with van der Waals surface area (Å²) in [5, 5.41) is 6.93. The molecular formula is C17H28N2O. The van der Waals surface area contributed by atoms with Gasteiger partial charge >= 0.3 is 0 Å². The van der Waals surface area contributed by atoms with Crippen molar-refractivity contribution in [2.24, 2.45) is 23.7 Å². The van der Waals surface area contributed by atoms with Gasteiger partial charge < -0.3 is 10.6 Å². The highest BCUT2D eigenvalue weighted by Crippen LogP contribution is 2.55. The second kappa shape index (κ2) is 4.72. The van der Waals surface area contributed by atoms with E-state index in [9.17, 15) is 4.79 Å². The fourth-order valence-corrected chi connectivity index (χ4v) is 5.92. The van der Waals surface area contributed by atoms with Gasteiger partial charge in [-0.3, -0.25) is 4.79 Å². The van der Waals surface area contributed by atoms with Crippen LogP contribution in [0.15, 0.2) is 0 Å². The molecule has 5 rings (SSSR count). The van der Waals surface area contributed by atoms with Crippen molar-refractivity contribution in [1.82, 2.24) is 10.6 Å². The lowest BCUT2D eigenvalue weighted by Crippen LogP contribution is -2.63. The summed E-state index contributed by atoms with van der Waals surface area (Å²) in [6, 6.07) is 0.0618. The minimum absolute atomic E-state index is 0.0618. The zero-order valence-corrected chi connectivity index (χ0v) is 12.7. The van der Waals surface area contributed by atoms with Gasteiger partial charge in [0, 0.05) is 5.54 Å². The summed E-state index contributed by atoms with van der Waals surface area (Å²) in [4.78, 5) is 12.7. The number of rotatable bonds is 2. The van der Waals surface area contributed by atoms with Crippen LogP contribution in [0.25, 0.3) is 0 Å². The van der Waals surface area contributed by atoms with Crippen molar-refractivity contribution in [3.63, 3.8) is 0 Å². The van der Waals surface area contributed by atoms with Crippen LogP contribution in [0.4, 0.5) is 0 Å². The quantitative estimate of drug-likeness (QED) is 0.813. The van der Waals surface area contributed by atoms with Gasteiger partial charge in [0.25, 0.3) is 0 Å². The molecule has 2 N–H and O–H groups in total. The van der Waals surface area contributed by atoms with Crippen molar-refractivity contribution in [2.75, 3.05) is 6.54 Å². The zero-order valence-electron chi connectivity index (χ0n) is 12.7. The summed E-state index contributed by atoms with van der Waals surface area (Å²) in [6.45, 7) is 3.27. The molecule has 1 heterocycles. The van der Waals surface area contributed by atoms with Crippen LogP contribution in [-0.2, 0) is 4.79 Å². The van der Waals surface area contributed by atoms with E-state index < -0.39 is 0 Å². The second-order valence-corrected chi connectivity index (χ2v) is 8.32. The lowest BCUT2D eigenvalue weighted by molar-refractivity contribution is -0.129. The zero-order chi connectivity index (χ0) is 13.7. The third kappa shape index (κ3) is 2.28. The first-order valence-electron chi connectivity index (χ1n) is 8.67. The molecule has 4 bridgehead atoms. The first kappa shape index (κ1) is 13.1. The third-order valence-corrected chi connectivity index (χ3v) is 6.41. The van der Waals surface area contributed by atoms with Gasteiger partial charge in [0.05, 0.1) is 6.04 Å². The maximum Gasteiger partial charge on any atom is 0.237 e. The maximum atomic E-state index is 12.7. The molecule has 5 aliphatic rings. The maximum absolute atomic E-state index is 12.7. The lowest BCUT2D eigenvalue weighted by atomic mass is 9.53. The van der Waals surface area contributed by atoms with E-state index in [-0.39, 0.29) is 11.6 Å². The predicted molar refractivity (Wildman–Crippen MR) is 79.2 cm³/mol. The Morgan fingerprint density at radius 1 is 1.05 bits per heavy atom. The van der Waals surface area contributed by atoms with E-state index in [1.165, 1.54) is 44.9 Å². The lowest BCUT2D eigenvalue weighted by Gasteiger charge is -2.57. The minimum atomic E-state index is 0.0618. The first-order valence-corrected chi connectivity index (χ1v) is 8.67. The van der Waals surface area contributed by atoms with Gasteiger partial charge in [-0.1, -0.05) is 6.92 Å². The summed E-state index contributed by atoms with van der Waals surface area (Å²) >= 11 is 0. The summed E-state index contributed by atoms with van der Waals surface area (Å²) in [7, 11) is 0. The summed E-state index contributed by atoms with van der Waals surface area (Å²) in [5.41, 5.74) is 0.175. The molecule has 3 nitrogen and oxygen atoms in total. The van der Waals surface area contributed by atoms with Gasteiger partial charge in [-0.15, -0.1) is 0 Å². The van der Waals surface area contributed by atoms with Gasteiger partial charge in [0.1, 0.15) is 0 Å². The van der Waals surface area contributed by atoms with Gasteiger partial charge in [-0.05, 0) is 81.6 Å². The van der Waals surface area contributed by atoms with Crippen LogP contribution in [0.1, 0.15) is 58.3 Å². The summed E-state index contributed by atoms with van der Waals surface area (Å²) in [5.74, 6) is 3.68. The Bertz CT molecular complexity index is 371. The molecule has 0 spiro atoms. The molecule has 4 aliphatic carbocycles. The molecule has 2 unspecified atom stereocenters. The van der Waals surface area contributed by atoms with Crippen molar-refractivity contribution in [1.29, 1.82) is 0 Å². The molecule has 0 aromatic carbocycles. The van der Waals surface area contributed by atoms with Gasteiger partial charge in [0.2, 0.25) is 5.91 Å². The van der Waals surface area contributed by atoms with Crippen LogP contribution in [0.2, 0.25) is 0 Å². The van der Waals surface area contributed by atoms with Crippen molar-refractivity contribution in [3.05, 3.63) is 0 Å². The van der Waals surface area contributed by atoms with Crippen molar-refractivity contribution in [2.45, 2.75) is 69.9 Å². The SMILES string of the molecule is CC1CCNC(C(=O)NC23CC4CC(CC(C4)C2)C3)C1. The Balaban J connectivity index is 1.44. The number of carbonyl (C=O) groups is 1. The van der Waals surface area contributed by atoms with Crippen LogP contribution >= 0.6 is 0 Å². The van der Waals surface area contributed by atoms with E-state index in [1.54, 1.807) is 0 Å². The number of amides is 1. The van der Waals surface area contributed by atoms with Gasteiger partial charge in [0.15, 0.2) is 0 Å². The minimum Gasteiger partial charge on any atom is -0.349 e. The molecule has 1 amide bonds. The smallest absolute Gasteiger partial charge is 0.237 e. The van der Waals surface area contributed by atoms with E-state index in [4.69, 9.17) is 0 Å². The average molecular weight is 276 g/mol. The summed E-state index contributed by atoms with van der Waals surface area (Å²) < 4.78 is 0. The first-order chi connectivity index (χ1) is 9.62. The van der Waals surface area contributed by atoms with Crippen LogP contribution < -0.4 is 10.6 Å². The average Bonchev–Trinajstić information content (AvgIpc) is 2.36. The van der Waals surface area contributed by atoms with Crippen LogP contribution in [0.5, 0.6) is 0 Å². The summed E-state index contributed by atoms with van der Waals surface area (Å²) in [6.07, 6.45) is 10.3. The monoisotopic (exact) mass is 276 g/mol. The van der Waals surface area contributed by atoms with Crippen LogP contribution in [0, 0.1) is 23.7 Å². The Morgan fingerprint density at radius 3 is 2.20 bits per heavy atom. The Hall–Kier alpha value is -0.570. The fraction of sp³-hybridized carbons (Fsp3) is 0.941. The molecule has 1 saturated heterocycles. The van der Waals surface area contributed by atoms with E-state index in [2.05, 4.69) is 17.6 Å². The number of nitrogens with one attached hydrogen (secondary N) is 2. The standard InChI is InChI=1S/C17H28N2O/c1-11-2-3-18-15(4-11)16(20)19-17-8-12-5-13(9-17)7-14(6-12)10-17/h11-15,18H,2-10H2,1H3,(H,19,20). The normalized spacial score (nSPS) is 50.1. The highest BCUT2D eigenvalue weighted by molar-refractivity contribution is 5.82. The van der Waals surface area contributed by atoms with Crippen molar-refractivity contribution in [3.8, 4) is 0 Å². The fourth-order valence-electron chi connectivity index (χ4n) is 5.92. The molecular weight excluding hydrogens is 248 g/mol. The molecule has 0 aromatic heterocycles. The second-order valence-electron chi connectivity index (χ2n) is 8.32. The molecule has 0 radical (unpaired) electrons. The van der Waals surface area contributed by atoms with Gasteiger partial charge in [-0.25, -0.2) is 0 Å². The molecule has 1 aliphatic heterocycles. The number of carbonyl (C=O) groups excluding carboxylic acids is 1. The highest BCUT2D eigenvalue weighted by atomic mass is 16.2. The van der Waals surface area contributed by atoms with E-state index in [1.807, 2.05) is 0 Å². The van der Waals surface area contributed by atoms with Crippen molar-refractivity contribution >= 4 is 5.91 Å². The number of hydrogen-bond donors (Lipinski definition) is 2. The Morgan fingerprint density at radius 2 is 1.65 bits per heavy atom. The van der Waals surface area contributed by atoms with Crippen molar-refractivity contribution < 1.29 is 4.79 Å². The topological polar surface area (TPSA) is 41.1 Å². The Kier molecular flexibility index (Phi) is 3.10. The number of hydrogen-bond acceptors (Lipinski definition) is 2. The molecule has 5 fully saturated rings. The van der Waals surface area contributed by atoms with E-state index in [0.717, 1.165) is 30.7 Å². The van der Waals surface area contributed by atoms with Crippen LogP contribution in [-0.4, -0.2) is 24.0 Å². The Labute approximate surface area is 122 Å². The number of piperidine rings is 1. The molecule has 4 saturated carbocycles. The van der Waals surface area contributed by atoms with Crippen LogP contribution in [0.3, 0.4) is 0 Å². The molecule has 20 heavy (non-hydrogen) atoms. The molecule has 2 atom stereocenters. The molecule has 0 aromatic rings. The highest BCUT2D eigenvalue weighted by Gasteiger charge is 2.51. The molecule has 3 heteroatoms. The largest absolute Gasteiger partial charge is 0.349 e. The van der Waals surface area contributed by atoms with E-state index in [0.29, 0.717) is 11.8 Å². The predicted octanol–water partition coefficient (Wildman–Crippen LogP) is 2.46. The van der Waals surface area contributed by atoms with E-state index >= 15 is 0 Å². The molecule has 112 valence electrons. The third-order valence-electron chi connectivity index (χ3n) is 6.41. The van der Waals surface area contributed by atoms with Gasteiger partial charge in [-0.2, -0.15) is 0 Å².